The summed E-state index contributed by atoms with van der Waals surface area (Å²) in [6.07, 6.45) is 9.13. The van der Waals surface area contributed by atoms with Gasteiger partial charge in [-0.2, -0.15) is 0 Å². The van der Waals surface area contributed by atoms with Crippen molar-refractivity contribution in [2.45, 2.75) is 20.3 Å². The van der Waals surface area contributed by atoms with Gasteiger partial charge in [0.15, 0.2) is 0 Å². The number of nitrogens with one attached hydrogen (secondary N) is 1. The summed E-state index contributed by atoms with van der Waals surface area (Å²) < 4.78 is 0. The van der Waals surface area contributed by atoms with Crippen LogP contribution in [0.3, 0.4) is 0 Å². The predicted molar refractivity (Wildman–Crippen MR) is 61.2 cm³/mol. The minimum atomic E-state index is 1.04. The summed E-state index contributed by atoms with van der Waals surface area (Å²) in [6, 6.07) is 2.14. The third-order valence-corrected chi connectivity index (χ3v) is 1.94. The van der Waals surface area contributed by atoms with E-state index in [1.54, 1.807) is 0 Å². The average molecular weight is 190 g/mol. The zero-order chi connectivity index (χ0) is 10.2. The minimum absolute atomic E-state index is 1.04. The number of aromatic nitrogens is 1. The standard InChI is InChI=1S/C12H18N2/c1-3-13-7-5-4-6-12-8-11(2)9-14-10-12/h4,6,8-10,13H,3,5,7H2,1-2H3/b6-4+. The first-order chi connectivity index (χ1) is 6.83. The Hall–Kier alpha value is -1.15. The summed E-state index contributed by atoms with van der Waals surface area (Å²) in [7, 11) is 0. The van der Waals surface area contributed by atoms with Crippen LogP contribution in [0.1, 0.15) is 24.5 Å². The molecule has 0 fully saturated rings. The van der Waals surface area contributed by atoms with E-state index < -0.39 is 0 Å². The van der Waals surface area contributed by atoms with Crippen LogP contribution in [-0.2, 0) is 0 Å². The van der Waals surface area contributed by atoms with E-state index in [0.29, 0.717) is 0 Å². The summed E-state index contributed by atoms with van der Waals surface area (Å²) in [5.74, 6) is 0. The Bertz CT molecular complexity index is 292. The maximum atomic E-state index is 4.13. The summed E-state index contributed by atoms with van der Waals surface area (Å²) in [4.78, 5) is 4.13. The Kier molecular flexibility index (Phi) is 4.94. The van der Waals surface area contributed by atoms with Crippen LogP contribution in [0.15, 0.2) is 24.5 Å². The maximum Gasteiger partial charge on any atom is 0.0340 e. The molecule has 0 radical (unpaired) electrons. The van der Waals surface area contributed by atoms with Crippen molar-refractivity contribution in [3.05, 3.63) is 35.7 Å². The van der Waals surface area contributed by atoms with E-state index in [1.807, 2.05) is 12.4 Å². The van der Waals surface area contributed by atoms with E-state index in [0.717, 1.165) is 19.5 Å². The van der Waals surface area contributed by atoms with Gasteiger partial charge in [0, 0.05) is 12.4 Å². The van der Waals surface area contributed by atoms with Crippen LogP contribution in [0.2, 0.25) is 0 Å². The quantitative estimate of drug-likeness (QED) is 0.721. The first-order valence-corrected chi connectivity index (χ1v) is 5.12. The molecule has 1 heterocycles. The molecule has 76 valence electrons. The van der Waals surface area contributed by atoms with Gasteiger partial charge in [-0.15, -0.1) is 0 Å². The van der Waals surface area contributed by atoms with Crippen molar-refractivity contribution >= 4 is 6.08 Å². The molecule has 1 aromatic rings. The van der Waals surface area contributed by atoms with Crippen LogP contribution >= 0.6 is 0 Å². The van der Waals surface area contributed by atoms with Crippen LogP contribution in [0.4, 0.5) is 0 Å². The van der Waals surface area contributed by atoms with Gasteiger partial charge in [0.2, 0.25) is 0 Å². The second kappa shape index (κ2) is 6.33. The normalized spacial score (nSPS) is 11.0. The maximum absolute atomic E-state index is 4.13. The molecule has 0 saturated heterocycles. The SMILES string of the molecule is CCNCC/C=C/c1cncc(C)c1. The zero-order valence-corrected chi connectivity index (χ0v) is 8.96. The van der Waals surface area contributed by atoms with Gasteiger partial charge in [-0.3, -0.25) is 4.98 Å². The smallest absolute Gasteiger partial charge is 0.0340 e. The van der Waals surface area contributed by atoms with E-state index >= 15 is 0 Å². The number of hydrogen-bond donors (Lipinski definition) is 1. The Morgan fingerprint density at radius 3 is 3.00 bits per heavy atom. The van der Waals surface area contributed by atoms with E-state index in [2.05, 4.69) is 42.4 Å². The lowest BCUT2D eigenvalue weighted by Crippen LogP contribution is -2.12. The zero-order valence-electron chi connectivity index (χ0n) is 8.96. The molecular weight excluding hydrogens is 172 g/mol. The topological polar surface area (TPSA) is 24.9 Å². The molecule has 2 nitrogen and oxygen atoms in total. The van der Waals surface area contributed by atoms with Gasteiger partial charge in [-0.05, 0) is 43.6 Å². The van der Waals surface area contributed by atoms with Gasteiger partial charge in [0.1, 0.15) is 0 Å². The molecular formula is C12H18N2. The molecule has 1 aromatic heterocycles. The number of aryl methyl sites for hydroxylation is 1. The molecule has 0 unspecified atom stereocenters. The fraction of sp³-hybridized carbons (Fsp3) is 0.417. The van der Waals surface area contributed by atoms with Crippen molar-refractivity contribution in [1.29, 1.82) is 0 Å². The molecule has 2 heteroatoms. The fourth-order valence-electron chi connectivity index (χ4n) is 1.25. The Labute approximate surface area is 86.1 Å². The second-order valence-corrected chi connectivity index (χ2v) is 3.34. The highest BCUT2D eigenvalue weighted by atomic mass is 14.8. The summed E-state index contributed by atoms with van der Waals surface area (Å²) in [6.45, 7) is 6.27. The predicted octanol–water partition coefficient (Wildman–Crippen LogP) is 2.40. The van der Waals surface area contributed by atoms with Crippen molar-refractivity contribution < 1.29 is 0 Å². The molecule has 0 aromatic carbocycles. The van der Waals surface area contributed by atoms with Crippen molar-refractivity contribution in [2.24, 2.45) is 0 Å². The molecule has 1 N–H and O–H groups in total. The summed E-state index contributed by atoms with van der Waals surface area (Å²) in [5.41, 5.74) is 2.39. The van der Waals surface area contributed by atoms with Crippen molar-refractivity contribution in [1.82, 2.24) is 10.3 Å². The van der Waals surface area contributed by atoms with Gasteiger partial charge < -0.3 is 5.32 Å². The lowest BCUT2D eigenvalue weighted by Gasteiger charge is -1.96. The molecule has 14 heavy (non-hydrogen) atoms. The van der Waals surface area contributed by atoms with Crippen molar-refractivity contribution in [3.8, 4) is 0 Å². The van der Waals surface area contributed by atoms with Crippen LogP contribution < -0.4 is 5.32 Å². The molecule has 0 saturated carbocycles. The minimum Gasteiger partial charge on any atom is -0.317 e. The molecule has 1 rings (SSSR count). The third-order valence-electron chi connectivity index (χ3n) is 1.94. The Morgan fingerprint density at radius 2 is 2.29 bits per heavy atom. The highest BCUT2D eigenvalue weighted by Crippen LogP contribution is 2.03. The molecule has 0 bridgehead atoms. The largest absolute Gasteiger partial charge is 0.317 e. The summed E-state index contributed by atoms with van der Waals surface area (Å²) in [5, 5.41) is 3.28. The van der Waals surface area contributed by atoms with Crippen molar-refractivity contribution in [3.63, 3.8) is 0 Å². The van der Waals surface area contributed by atoms with Crippen molar-refractivity contribution in [2.75, 3.05) is 13.1 Å². The Morgan fingerprint density at radius 1 is 1.43 bits per heavy atom. The van der Waals surface area contributed by atoms with Gasteiger partial charge in [0.25, 0.3) is 0 Å². The first kappa shape index (κ1) is 10.9. The number of hydrogen-bond acceptors (Lipinski definition) is 2. The molecule has 0 aliphatic heterocycles. The molecule has 0 aliphatic carbocycles. The Balaban J connectivity index is 2.36. The van der Waals surface area contributed by atoms with Gasteiger partial charge >= 0.3 is 0 Å². The van der Waals surface area contributed by atoms with Crippen LogP contribution in [0.5, 0.6) is 0 Å². The lowest BCUT2D eigenvalue weighted by molar-refractivity contribution is 0.727. The number of nitrogens with zero attached hydrogens (tertiary/aromatic N) is 1. The lowest BCUT2D eigenvalue weighted by atomic mass is 10.2. The van der Waals surface area contributed by atoms with Gasteiger partial charge in [-0.1, -0.05) is 19.1 Å². The summed E-state index contributed by atoms with van der Waals surface area (Å²) >= 11 is 0. The monoisotopic (exact) mass is 190 g/mol. The molecule has 0 atom stereocenters. The third kappa shape index (κ3) is 4.19. The second-order valence-electron chi connectivity index (χ2n) is 3.34. The first-order valence-electron chi connectivity index (χ1n) is 5.12. The molecule has 0 aliphatic rings. The highest BCUT2D eigenvalue weighted by Gasteiger charge is 1.87. The molecule has 0 amide bonds. The number of pyridine rings is 1. The van der Waals surface area contributed by atoms with Crippen LogP contribution in [-0.4, -0.2) is 18.1 Å². The van der Waals surface area contributed by atoms with E-state index in [4.69, 9.17) is 0 Å². The van der Waals surface area contributed by atoms with Gasteiger partial charge in [0.05, 0.1) is 0 Å². The molecule has 0 spiro atoms. The van der Waals surface area contributed by atoms with Gasteiger partial charge in [-0.25, -0.2) is 0 Å². The fourth-order valence-corrected chi connectivity index (χ4v) is 1.25. The van der Waals surface area contributed by atoms with Crippen LogP contribution in [0.25, 0.3) is 6.08 Å². The number of rotatable bonds is 5. The van der Waals surface area contributed by atoms with Crippen LogP contribution in [0, 0.1) is 6.92 Å². The van der Waals surface area contributed by atoms with E-state index in [9.17, 15) is 0 Å². The average Bonchev–Trinajstić information content (AvgIpc) is 2.18. The van der Waals surface area contributed by atoms with E-state index in [1.165, 1.54) is 11.1 Å². The highest BCUT2D eigenvalue weighted by molar-refractivity contribution is 5.48. The van der Waals surface area contributed by atoms with E-state index in [-0.39, 0.29) is 0 Å².